The smallest absolute Gasteiger partial charge is 0.413 e. The molecule has 12 atom stereocenters. The lowest BCUT2D eigenvalue weighted by atomic mass is 9.89. The van der Waals surface area contributed by atoms with Gasteiger partial charge < -0.3 is 66.2 Å². The molecule has 4 aliphatic heterocycles. The number of primary amides is 1. The van der Waals surface area contributed by atoms with Gasteiger partial charge in [-0.05, 0) is 67.2 Å². The summed E-state index contributed by atoms with van der Waals surface area (Å²) >= 11 is 9.47. The second-order valence-electron chi connectivity index (χ2n) is 21.2. The maximum absolute atomic E-state index is 14.0. The molecule has 0 spiro atoms. The number of hydrogen-bond donors (Lipinski definition) is 11. The number of aliphatic hydroxyl groups excluding tert-OH is 2. The van der Waals surface area contributed by atoms with E-state index in [0.29, 0.717) is 49.2 Å². The number of unbranched alkanes of at least 4 members (excludes halogenated alkanes) is 2. The number of hydrogen-bond acceptors (Lipinski definition) is 24. The molecule has 4 aliphatic rings. The van der Waals surface area contributed by atoms with E-state index in [9.17, 15) is 53.2 Å². The van der Waals surface area contributed by atoms with Crippen LogP contribution in [-0.4, -0.2) is 164 Å². The minimum atomic E-state index is -4.55. The molecule has 8 heterocycles. The Morgan fingerprint density at radius 1 is 0.898 bits per heavy atom. The monoisotopic (exact) mass is 1300 g/mol. The summed E-state index contributed by atoms with van der Waals surface area (Å²) in [5.41, 5.74) is 11.6. The lowest BCUT2D eigenvalue weighted by molar-refractivity contribution is -0.131. The molecule has 33 nitrogen and oxygen atoms in total. The summed E-state index contributed by atoms with van der Waals surface area (Å²) in [5.74, 6) is -2.83. The number of benzene rings is 1. The number of nitrogens with two attached hydrogens (primary N) is 2. The van der Waals surface area contributed by atoms with Crippen molar-refractivity contribution in [3.05, 3.63) is 83.6 Å². The van der Waals surface area contributed by atoms with E-state index in [1.54, 1.807) is 49.1 Å². The minimum absolute atomic E-state index is 0.00421. The van der Waals surface area contributed by atoms with Crippen LogP contribution in [0.4, 0.5) is 27.0 Å². The summed E-state index contributed by atoms with van der Waals surface area (Å²) in [4.78, 5) is 126. The summed E-state index contributed by atoms with van der Waals surface area (Å²) < 4.78 is 57.0. The number of amides is 6. The van der Waals surface area contributed by atoms with E-state index < -0.39 is 111 Å². The SMILES string of the molecule is C=C1C=CC(=O)N1CCCCCC(=O)NC(C(=O)C[C@@H](CCCNC(N)=O)C(=O)Nc1ccc(COC(=O)Nc2ncnc3c2ncn3[C@@H]2O[C@@H]3COP(O)(=S)OC4[C@@H](COP(=O)(S)O[C@H]2C3O)O[C@@H](n2cnc3c(=O)[nH]c(N)nc32)[C@H]4O)cc1)C(C)C. The second-order valence-corrected chi connectivity index (χ2v) is 26.9. The Morgan fingerprint density at radius 2 is 1.61 bits per heavy atom. The fraction of sp³-hybridized carbons (Fsp3) is 0.490. The quantitative estimate of drug-likeness (QED) is 0.0269. The number of aromatic amines is 1. The molecule has 9 rings (SSSR count). The number of carbonyl (C=O) groups excluding carboxylic acids is 6. The number of urea groups is 1. The fourth-order valence-corrected chi connectivity index (χ4v) is 13.1. The zero-order valence-electron chi connectivity index (χ0n) is 47.2. The predicted octanol–water partition coefficient (Wildman–Crippen LogP) is 2.45. The highest BCUT2D eigenvalue weighted by Gasteiger charge is 2.53. The van der Waals surface area contributed by atoms with Gasteiger partial charge in [-0.25, -0.2) is 34.1 Å². The first-order valence-corrected chi connectivity index (χ1v) is 32.9. The van der Waals surface area contributed by atoms with Gasteiger partial charge in [0, 0.05) is 49.3 Å². The van der Waals surface area contributed by atoms with E-state index in [1.807, 2.05) is 0 Å². The number of fused-ring (bicyclic) bond motifs is 5. The zero-order valence-corrected chi connectivity index (χ0v) is 50.7. The predicted molar refractivity (Wildman–Crippen MR) is 317 cm³/mol. The molecular weight excluding hydrogens is 1240 g/mol. The van der Waals surface area contributed by atoms with Crippen LogP contribution >= 0.6 is 25.8 Å². The summed E-state index contributed by atoms with van der Waals surface area (Å²) in [6.07, 6.45) is -4.15. The highest BCUT2D eigenvalue weighted by molar-refractivity contribution is 8.44. The number of H-pyrrole nitrogens is 1. The van der Waals surface area contributed by atoms with Crippen LogP contribution in [0.1, 0.15) is 76.8 Å². The number of ether oxygens (including phenoxy) is 3. The van der Waals surface area contributed by atoms with Crippen molar-refractivity contribution in [2.75, 3.05) is 42.7 Å². The number of thiol groups is 1. The Balaban J connectivity index is 0.797. The standard InChI is InChI=1S/C51H65N15O18P2S2/c1-25(2)35(60-33(68)9-5-4-6-17-64-26(3)10-15-34(64)69)30(67)18-28(8-7-16-54-50(53)74)45(72)59-29-13-11-27(12-14-29)19-78-51(75)61-42-36-43(56-22-55-42)65(23-57-36)48-41-38(70)31(81-48)20-79-85(76,87)83-40-32(21-80-86(77,88)84-41)82-47(39(40)71)66-24-58-37-44(66)62-49(52)63-46(37)73/h10-15,22-25,28,31-32,35,38-41,47-48,70-71H,3-9,16-21H2,1-2H3,(H,59,72)(H,60,68)(H,76,87)(H,77,88)(H3,53,54,74)(H3,52,62,63,73)(H,55,56,61,75)/t28-,31-,32-,35?,38?,39+,40?,41+,47-,48-,85?,86?/m1/s1. The summed E-state index contributed by atoms with van der Waals surface area (Å²) in [5, 5.41) is 33.7. The van der Waals surface area contributed by atoms with Crippen molar-refractivity contribution in [2.24, 2.45) is 17.6 Å². The highest BCUT2D eigenvalue weighted by atomic mass is 32.7. The molecule has 0 radical (unpaired) electrons. The first kappa shape index (κ1) is 65.3. The van der Waals surface area contributed by atoms with E-state index in [4.69, 9.17) is 55.6 Å². The number of nitrogens with zero attached hydrogens (tertiary/aromatic N) is 8. The Bertz CT molecular complexity index is 3630. The van der Waals surface area contributed by atoms with Gasteiger partial charge in [-0.1, -0.05) is 51.2 Å². The maximum atomic E-state index is 14.0. The van der Waals surface area contributed by atoms with Crippen LogP contribution in [0.25, 0.3) is 22.3 Å². The Labute approximate surface area is 510 Å². The van der Waals surface area contributed by atoms with Crippen LogP contribution in [0.3, 0.4) is 0 Å². The largest absolute Gasteiger partial charge is 0.444 e. The van der Waals surface area contributed by atoms with Gasteiger partial charge in [0.05, 0.1) is 31.9 Å². The number of nitrogen functional groups attached to an aromatic ring is 1. The molecule has 2 bridgehead atoms. The van der Waals surface area contributed by atoms with Crippen molar-refractivity contribution in [2.45, 2.75) is 121 Å². The normalized spacial score (nSPS) is 26.2. The van der Waals surface area contributed by atoms with E-state index in [1.165, 1.54) is 21.5 Å². The molecule has 88 heavy (non-hydrogen) atoms. The van der Waals surface area contributed by atoms with Crippen LogP contribution in [0.2, 0.25) is 0 Å². The molecule has 5 aromatic rings. The molecular formula is C51H65N15O18P2S2. The van der Waals surface area contributed by atoms with Gasteiger partial charge in [0.25, 0.3) is 11.5 Å². The molecule has 4 aromatic heterocycles. The van der Waals surface area contributed by atoms with E-state index >= 15 is 0 Å². The third-order valence-corrected chi connectivity index (χ3v) is 17.8. The lowest BCUT2D eigenvalue weighted by Gasteiger charge is -2.27. The number of carbonyl (C=O) groups is 6. The summed E-state index contributed by atoms with van der Waals surface area (Å²) in [6.45, 7) is -2.45. The van der Waals surface area contributed by atoms with Crippen molar-refractivity contribution >= 4 is 113 Å². The van der Waals surface area contributed by atoms with E-state index in [0.717, 1.165) is 12.7 Å². The third kappa shape index (κ3) is 15.8. The number of rotatable bonds is 22. The number of anilines is 3. The lowest BCUT2D eigenvalue weighted by Crippen LogP contribution is -2.45. The zero-order chi connectivity index (χ0) is 63.2. The van der Waals surface area contributed by atoms with Gasteiger partial charge in [-0.3, -0.25) is 57.0 Å². The Kier molecular flexibility index (Phi) is 20.9. The number of ketones is 1. The molecule has 37 heteroatoms. The molecule has 3 saturated heterocycles. The molecule has 12 N–H and O–H groups in total. The van der Waals surface area contributed by atoms with Gasteiger partial charge >= 0.3 is 25.6 Å². The topological polar surface area (TPSA) is 455 Å². The summed E-state index contributed by atoms with van der Waals surface area (Å²) in [7, 11) is 0. The van der Waals surface area contributed by atoms with Gasteiger partial charge in [-0.2, -0.15) is 4.98 Å². The van der Waals surface area contributed by atoms with Crippen LogP contribution in [0, 0.1) is 11.8 Å². The minimum Gasteiger partial charge on any atom is -0.444 e. The van der Waals surface area contributed by atoms with Gasteiger partial charge in [0.15, 0.2) is 46.4 Å². The van der Waals surface area contributed by atoms with E-state index in [-0.39, 0.29) is 90.0 Å². The first-order chi connectivity index (χ1) is 41.8. The molecule has 6 amide bonds. The van der Waals surface area contributed by atoms with Crippen molar-refractivity contribution in [1.29, 1.82) is 0 Å². The van der Waals surface area contributed by atoms with Crippen molar-refractivity contribution in [3.63, 3.8) is 0 Å². The number of aliphatic hydroxyl groups is 2. The molecule has 0 saturated carbocycles. The molecule has 3 fully saturated rings. The Hall–Kier alpha value is -7.11. The van der Waals surface area contributed by atoms with Crippen LogP contribution < -0.4 is 38.3 Å². The van der Waals surface area contributed by atoms with Crippen molar-refractivity contribution in [3.8, 4) is 0 Å². The fourth-order valence-electron chi connectivity index (χ4n) is 10.2. The number of aromatic nitrogens is 8. The van der Waals surface area contributed by atoms with Crippen LogP contribution in [0.5, 0.6) is 0 Å². The first-order valence-electron chi connectivity index (χ1n) is 27.6. The molecule has 5 unspecified atom stereocenters. The number of allylic oxidation sites excluding steroid dienone is 1. The molecule has 0 aliphatic carbocycles. The van der Waals surface area contributed by atoms with Crippen molar-refractivity contribution in [1.82, 2.24) is 54.6 Å². The molecule has 1 aromatic carbocycles. The third-order valence-electron chi connectivity index (χ3n) is 14.6. The second kappa shape index (κ2) is 28.2. The van der Waals surface area contributed by atoms with Crippen LogP contribution in [-0.2, 0) is 74.5 Å². The van der Waals surface area contributed by atoms with E-state index in [2.05, 4.69) is 70.0 Å². The van der Waals surface area contributed by atoms with Crippen molar-refractivity contribution < 1.29 is 80.7 Å². The maximum Gasteiger partial charge on any atom is 0.413 e. The summed E-state index contributed by atoms with van der Waals surface area (Å²) in [6, 6.07) is 4.70. The Morgan fingerprint density at radius 3 is 2.33 bits per heavy atom. The molecule has 474 valence electrons. The van der Waals surface area contributed by atoms with Gasteiger partial charge in [0.2, 0.25) is 17.8 Å². The van der Waals surface area contributed by atoms with Crippen LogP contribution in [0.15, 0.2) is 72.5 Å². The number of Topliss-reactive ketones (excluding diaryl/α,β-unsaturated/α-hetero) is 1. The van der Waals surface area contributed by atoms with Gasteiger partial charge in [0.1, 0.15) is 49.6 Å². The average molecular weight is 1300 g/mol. The highest BCUT2D eigenvalue weighted by Crippen LogP contribution is 2.58. The van der Waals surface area contributed by atoms with Gasteiger partial charge in [-0.15, -0.1) is 0 Å². The average Bonchev–Trinajstić information content (AvgIpc) is 1.96. The number of imidazole rings is 2. The number of nitrogens with one attached hydrogen (secondary N) is 5.